The summed E-state index contributed by atoms with van der Waals surface area (Å²) in [6.07, 6.45) is 9.52. The lowest BCUT2D eigenvalue weighted by molar-refractivity contribution is -0.132. The van der Waals surface area contributed by atoms with Crippen molar-refractivity contribution in [2.75, 3.05) is 19.6 Å². The van der Waals surface area contributed by atoms with Crippen LogP contribution in [0.2, 0.25) is 0 Å². The van der Waals surface area contributed by atoms with E-state index in [9.17, 15) is 9.59 Å². The highest BCUT2D eigenvalue weighted by Crippen LogP contribution is 2.61. The van der Waals surface area contributed by atoms with E-state index in [4.69, 9.17) is 0 Å². The van der Waals surface area contributed by atoms with Gasteiger partial charge in [0.15, 0.2) is 0 Å². The second-order valence-electron chi connectivity index (χ2n) is 11.9. The number of nitrogens with zero attached hydrogens (tertiary/aromatic N) is 1. The van der Waals surface area contributed by atoms with Crippen molar-refractivity contribution in [2.24, 2.45) is 23.2 Å². The molecule has 2 amide bonds. The van der Waals surface area contributed by atoms with Gasteiger partial charge in [-0.25, -0.2) is 0 Å². The molecule has 4 fully saturated rings. The van der Waals surface area contributed by atoms with Crippen LogP contribution in [-0.2, 0) is 22.6 Å². The molecule has 5 nitrogen and oxygen atoms in total. The molecule has 1 aliphatic heterocycles. The molecule has 5 aliphatic rings. The molecule has 1 heterocycles. The lowest BCUT2D eigenvalue weighted by Crippen LogP contribution is -2.54. The van der Waals surface area contributed by atoms with Gasteiger partial charge in [-0.3, -0.25) is 14.5 Å². The van der Waals surface area contributed by atoms with Crippen LogP contribution in [0.15, 0.2) is 24.3 Å². The van der Waals surface area contributed by atoms with Crippen molar-refractivity contribution < 1.29 is 9.59 Å². The molecule has 0 spiro atoms. The van der Waals surface area contributed by atoms with E-state index in [0.717, 1.165) is 37.3 Å². The van der Waals surface area contributed by atoms with Gasteiger partial charge in [0.25, 0.3) is 0 Å². The third kappa shape index (κ3) is 4.59. The van der Waals surface area contributed by atoms with Gasteiger partial charge in [0.05, 0.1) is 6.54 Å². The van der Waals surface area contributed by atoms with Gasteiger partial charge in [-0.15, -0.1) is 0 Å². The first-order chi connectivity index (χ1) is 15.3. The number of carbonyl (C=O) groups excluding carboxylic acids is 2. The Morgan fingerprint density at radius 1 is 0.969 bits per heavy atom. The van der Waals surface area contributed by atoms with Crippen molar-refractivity contribution in [2.45, 2.75) is 77.3 Å². The zero-order valence-electron chi connectivity index (χ0n) is 19.8. The molecule has 2 N–H and O–H groups in total. The largest absolute Gasteiger partial charge is 0.353 e. The van der Waals surface area contributed by atoms with E-state index < -0.39 is 0 Å². The highest BCUT2D eigenvalue weighted by Gasteiger charge is 2.51. The van der Waals surface area contributed by atoms with E-state index in [0.29, 0.717) is 13.0 Å². The highest BCUT2D eigenvalue weighted by molar-refractivity contribution is 5.85. The molecule has 6 rings (SSSR count). The summed E-state index contributed by atoms with van der Waals surface area (Å²) in [5.41, 5.74) is 2.91. The number of nitrogens with one attached hydrogen (secondary N) is 2. The van der Waals surface area contributed by atoms with Crippen molar-refractivity contribution in [3.63, 3.8) is 0 Å². The van der Waals surface area contributed by atoms with E-state index in [1.807, 2.05) is 0 Å². The van der Waals surface area contributed by atoms with Crippen molar-refractivity contribution in [1.82, 2.24) is 15.5 Å². The number of benzene rings is 1. The van der Waals surface area contributed by atoms with Gasteiger partial charge in [0, 0.05) is 31.6 Å². The average molecular weight is 438 g/mol. The molecule has 4 aliphatic carbocycles. The zero-order valence-corrected chi connectivity index (χ0v) is 19.8. The molecule has 0 atom stereocenters. The Hall–Kier alpha value is -1.88. The Bertz CT molecular complexity index is 842. The maximum absolute atomic E-state index is 12.7. The van der Waals surface area contributed by atoms with Gasteiger partial charge >= 0.3 is 0 Å². The average Bonchev–Trinajstić information content (AvgIpc) is 2.74. The minimum atomic E-state index is -0.133. The molecule has 0 aromatic heterocycles. The zero-order chi connectivity index (χ0) is 22.3. The lowest BCUT2D eigenvalue weighted by Gasteiger charge is -2.56. The number of rotatable bonds is 7. The maximum atomic E-state index is 12.7. The summed E-state index contributed by atoms with van der Waals surface area (Å²) in [5, 5.41) is 5.99. The normalized spacial score (nSPS) is 31.2. The number of fused-ring (bicyclic) bond motifs is 1. The van der Waals surface area contributed by atoms with Crippen LogP contribution in [0.5, 0.6) is 0 Å². The Morgan fingerprint density at radius 3 is 2.25 bits per heavy atom. The SMILES string of the molecule is CC(C)(CNC(=O)CNC(=O)CC12CC3CC(CC(C3)C1)C2)N1CCc2ccccc2C1. The first-order valence-corrected chi connectivity index (χ1v) is 12.7. The van der Waals surface area contributed by atoms with Gasteiger partial charge in [-0.2, -0.15) is 0 Å². The minimum absolute atomic E-state index is 0.0639. The lowest BCUT2D eigenvalue weighted by atomic mass is 9.49. The van der Waals surface area contributed by atoms with E-state index in [2.05, 4.69) is 53.6 Å². The fourth-order valence-electron chi connectivity index (χ4n) is 7.59. The van der Waals surface area contributed by atoms with Crippen LogP contribution in [-0.4, -0.2) is 41.9 Å². The monoisotopic (exact) mass is 437 g/mol. The Morgan fingerprint density at radius 2 is 1.59 bits per heavy atom. The molecule has 174 valence electrons. The molecule has 5 heteroatoms. The quantitative estimate of drug-likeness (QED) is 0.684. The van der Waals surface area contributed by atoms with Crippen LogP contribution in [0.25, 0.3) is 0 Å². The van der Waals surface area contributed by atoms with Crippen molar-refractivity contribution >= 4 is 11.8 Å². The molecule has 0 saturated heterocycles. The van der Waals surface area contributed by atoms with Crippen LogP contribution in [0, 0.1) is 23.2 Å². The third-order valence-corrected chi connectivity index (χ3v) is 8.85. The summed E-state index contributed by atoms with van der Waals surface area (Å²) in [7, 11) is 0. The summed E-state index contributed by atoms with van der Waals surface area (Å²) >= 11 is 0. The second kappa shape index (κ2) is 8.48. The molecule has 0 radical (unpaired) electrons. The Kier molecular flexibility index (Phi) is 5.81. The van der Waals surface area contributed by atoms with Crippen LogP contribution >= 0.6 is 0 Å². The number of carbonyl (C=O) groups is 2. The Balaban J connectivity index is 1.07. The third-order valence-electron chi connectivity index (χ3n) is 8.85. The van der Waals surface area contributed by atoms with Gasteiger partial charge in [0.1, 0.15) is 0 Å². The summed E-state index contributed by atoms with van der Waals surface area (Å²) in [4.78, 5) is 27.6. The molecule has 1 aromatic carbocycles. The fourth-order valence-corrected chi connectivity index (χ4v) is 7.59. The van der Waals surface area contributed by atoms with Crippen molar-refractivity contribution in [3.05, 3.63) is 35.4 Å². The Labute approximate surface area is 192 Å². The molecule has 4 saturated carbocycles. The highest BCUT2D eigenvalue weighted by atomic mass is 16.2. The number of hydrogen-bond donors (Lipinski definition) is 2. The van der Waals surface area contributed by atoms with E-state index >= 15 is 0 Å². The van der Waals surface area contributed by atoms with Crippen molar-refractivity contribution in [3.8, 4) is 0 Å². The fraction of sp³-hybridized carbons (Fsp3) is 0.704. The maximum Gasteiger partial charge on any atom is 0.239 e. The topological polar surface area (TPSA) is 61.4 Å². The standard InChI is InChI=1S/C27H39N3O2/c1-26(2,30-8-7-22-5-3-4-6-23(22)17-30)18-29-25(32)16-28-24(31)15-27-12-19-9-20(13-27)11-21(10-19)14-27/h3-6,19-21H,7-18H2,1-2H3,(H,28,31)(H,29,32). The summed E-state index contributed by atoms with van der Waals surface area (Å²) in [6.45, 7) is 6.96. The minimum Gasteiger partial charge on any atom is -0.353 e. The summed E-state index contributed by atoms with van der Waals surface area (Å²) in [5.74, 6) is 2.52. The van der Waals surface area contributed by atoms with Crippen LogP contribution in [0.1, 0.15) is 69.9 Å². The van der Waals surface area contributed by atoms with Gasteiger partial charge in [-0.05, 0) is 93.1 Å². The molecule has 0 unspecified atom stereocenters. The van der Waals surface area contributed by atoms with E-state index in [-0.39, 0.29) is 29.3 Å². The first-order valence-electron chi connectivity index (χ1n) is 12.7. The van der Waals surface area contributed by atoms with E-state index in [1.165, 1.54) is 49.7 Å². The van der Waals surface area contributed by atoms with Gasteiger partial charge in [0.2, 0.25) is 11.8 Å². The molecular weight excluding hydrogens is 398 g/mol. The summed E-state index contributed by atoms with van der Waals surface area (Å²) < 4.78 is 0. The molecular formula is C27H39N3O2. The molecule has 4 bridgehead atoms. The van der Waals surface area contributed by atoms with Gasteiger partial charge in [-0.1, -0.05) is 24.3 Å². The predicted octanol–water partition coefficient (Wildman–Crippen LogP) is 3.66. The van der Waals surface area contributed by atoms with Crippen LogP contribution in [0.4, 0.5) is 0 Å². The van der Waals surface area contributed by atoms with E-state index in [1.54, 1.807) is 0 Å². The first kappa shape index (κ1) is 21.9. The smallest absolute Gasteiger partial charge is 0.239 e. The number of hydrogen-bond acceptors (Lipinski definition) is 3. The second-order valence-corrected chi connectivity index (χ2v) is 11.9. The molecule has 1 aromatic rings. The van der Waals surface area contributed by atoms with Gasteiger partial charge < -0.3 is 10.6 Å². The predicted molar refractivity (Wildman–Crippen MR) is 126 cm³/mol. The summed E-state index contributed by atoms with van der Waals surface area (Å²) in [6, 6.07) is 8.63. The number of amides is 2. The molecule has 32 heavy (non-hydrogen) atoms. The van der Waals surface area contributed by atoms with Crippen LogP contribution in [0.3, 0.4) is 0 Å². The van der Waals surface area contributed by atoms with Crippen molar-refractivity contribution in [1.29, 1.82) is 0 Å². The van der Waals surface area contributed by atoms with Crippen LogP contribution < -0.4 is 10.6 Å².